The molecular formula is C29H36Cl4N4O2. The van der Waals surface area contributed by atoms with E-state index in [1.807, 2.05) is 0 Å². The number of ketones is 1. The molecule has 1 fully saturated rings. The fourth-order valence-electron chi connectivity index (χ4n) is 4.40. The number of nitrogens with zero attached hydrogens (tertiary/aromatic N) is 3. The van der Waals surface area contributed by atoms with E-state index in [0.717, 1.165) is 23.7 Å². The van der Waals surface area contributed by atoms with Crippen molar-refractivity contribution >= 4 is 81.2 Å². The van der Waals surface area contributed by atoms with Crippen LogP contribution in [0.3, 0.4) is 0 Å². The van der Waals surface area contributed by atoms with Crippen LogP contribution in [-0.4, -0.2) is 24.1 Å². The largest absolute Gasteiger partial charge is 0.289 e. The lowest BCUT2D eigenvalue weighted by molar-refractivity contribution is -0.117. The molecule has 1 aliphatic heterocycles. The van der Waals surface area contributed by atoms with Gasteiger partial charge in [-0.1, -0.05) is 112 Å². The van der Waals surface area contributed by atoms with Gasteiger partial charge in [0.25, 0.3) is 0 Å². The molecule has 1 N–H and O–H groups in total. The number of amidine groups is 1. The average molecular weight is 614 g/mol. The van der Waals surface area contributed by atoms with Gasteiger partial charge in [0, 0.05) is 18.2 Å². The number of benzene rings is 2. The topological polar surface area (TPSA) is 65.0 Å². The van der Waals surface area contributed by atoms with Crippen molar-refractivity contribution in [2.75, 3.05) is 16.0 Å². The standard InChI is InChI=1S/C29H36Cl4N4O2/c1-2-3-4-5-6-7-8-9-10-11-12-16-26(39)37(33)22-15-13-14-21(19-22)34-29-25(38)20-36(35-29)24-18-17-23(30)27(31)28(24)32/h13-15,17-19H,2-12,16,20H2,1H3,(H,34,35). The summed E-state index contributed by atoms with van der Waals surface area (Å²) in [6.07, 6.45) is 13.8. The number of unbranched alkanes of at least 4 members (excludes halogenated alkanes) is 10. The Bertz CT molecular complexity index is 1160. The first-order chi connectivity index (χ1) is 18.8. The number of carbonyl (C=O) groups excluding carboxylic acids is 2. The predicted molar refractivity (Wildman–Crippen MR) is 165 cm³/mol. The van der Waals surface area contributed by atoms with Crippen LogP contribution in [0.5, 0.6) is 0 Å². The molecule has 0 aliphatic carbocycles. The summed E-state index contributed by atoms with van der Waals surface area (Å²) >= 11 is 24.8. The number of Topliss-reactive ketones (excluding diaryl/α,β-unsaturated/α-hetero) is 1. The highest BCUT2D eigenvalue weighted by atomic mass is 35.5. The Morgan fingerprint density at radius 3 is 2.23 bits per heavy atom. The quantitative estimate of drug-likeness (QED) is 0.123. The number of aliphatic imine (C=N–C) groups is 1. The number of hydrogen-bond acceptors (Lipinski definition) is 4. The minimum Gasteiger partial charge on any atom is -0.289 e. The van der Waals surface area contributed by atoms with E-state index >= 15 is 0 Å². The molecule has 0 saturated carbocycles. The first-order valence-corrected chi connectivity index (χ1v) is 15.2. The Morgan fingerprint density at radius 1 is 0.923 bits per heavy atom. The van der Waals surface area contributed by atoms with Crippen LogP contribution in [0.15, 0.2) is 41.4 Å². The zero-order valence-corrected chi connectivity index (χ0v) is 25.4. The van der Waals surface area contributed by atoms with Gasteiger partial charge in [-0.3, -0.25) is 20.0 Å². The zero-order valence-electron chi connectivity index (χ0n) is 22.3. The maximum absolute atomic E-state index is 12.6. The maximum Gasteiger partial charge on any atom is 0.241 e. The number of rotatable bonds is 15. The van der Waals surface area contributed by atoms with E-state index < -0.39 is 0 Å². The normalized spacial score (nSPS) is 14.2. The molecule has 1 aliphatic rings. The smallest absolute Gasteiger partial charge is 0.241 e. The van der Waals surface area contributed by atoms with Gasteiger partial charge in [-0.25, -0.2) is 9.41 Å². The molecule has 0 unspecified atom stereocenters. The van der Waals surface area contributed by atoms with E-state index in [-0.39, 0.29) is 34.1 Å². The highest BCUT2D eigenvalue weighted by molar-refractivity contribution is 6.49. The summed E-state index contributed by atoms with van der Waals surface area (Å²) in [4.78, 5) is 29.7. The van der Waals surface area contributed by atoms with Gasteiger partial charge in [-0.15, -0.1) is 0 Å². The van der Waals surface area contributed by atoms with Crippen LogP contribution >= 0.6 is 46.6 Å². The summed E-state index contributed by atoms with van der Waals surface area (Å²) in [5.74, 6) is -0.242. The highest BCUT2D eigenvalue weighted by Crippen LogP contribution is 2.37. The zero-order chi connectivity index (χ0) is 28.2. The van der Waals surface area contributed by atoms with Crippen LogP contribution in [0, 0.1) is 0 Å². The number of halogens is 4. The molecular weight excluding hydrogens is 578 g/mol. The van der Waals surface area contributed by atoms with E-state index in [0.29, 0.717) is 28.5 Å². The monoisotopic (exact) mass is 612 g/mol. The third-order valence-electron chi connectivity index (χ3n) is 6.62. The third kappa shape index (κ3) is 9.56. The number of nitrogens with one attached hydrogen (secondary N) is 1. The second-order valence-electron chi connectivity index (χ2n) is 9.76. The molecule has 2 aromatic carbocycles. The summed E-state index contributed by atoms with van der Waals surface area (Å²) in [6, 6.07) is 10.2. The van der Waals surface area contributed by atoms with Gasteiger partial charge in [0.1, 0.15) is 6.54 Å². The van der Waals surface area contributed by atoms with Crippen LogP contribution in [0.25, 0.3) is 0 Å². The molecule has 10 heteroatoms. The number of amides is 1. The molecule has 0 atom stereocenters. The molecule has 6 nitrogen and oxygen atoms in total. The molecule has 0 radical (unpaired) electrons. The van der Waals surface area contributed by atoms with Crippen LogP contribution in [0.2, 0.25) is 15.1 Å². The molecule has 0 bridgehead atoms. The molecule has 0 spiro atoms. The van der Waals surface area contributed by atoms with Gasteiger partial charge < -0.3 is 0 Å². The summed E-state index contributed by atoms with van der Waals surface area (Å²) in [5.41, 5.74) is 4.46. The molecule has 39 heavy (non-hydrogen) atoms. The SMILES string of the molecule is CCCCCCCCCCCCCC(=O)N(Cl)c1cccc(N=C2NN(c3ccc(Cl)c(Cl)c3Cl)CC2=O)c1. The Kier molecular flexibility index (Phi) is 13.2. The van der Waals surface area contributed by atoms with Crippen molar-refractivity contribution in [1.82, 2.24) is 5.43 Å². The Hall–Kier alpha value is -1.99. The number of carbonyl (C=O) groups is 2. The van der Waals surface area contributed by atoms with E-state index in [4.69, 9.17) is 46.6 Å². The minimum atomic E-state index is -0.224. The molecule has 212 valence electrons. The summed E-state index contributed by atoms with van der Waals surface area (Å²) < 4.78 is 1.13. The fraction of sp³-hybridized carbons (Fsp3) is 0.483. The maximum atomic E-state index is 12.6. The Balaban J connectivity index is 1.47. The van der Waals surface area contributed by atoms with Crippen LogP contribution in [-0.2, 0) is 9.59 Å². The lowest BCUT2D eigenvalue weighted by Gasteiger charge is -2.19. The van der Waals surface area contributed by atoms with Crippen molar-refractivity contribution in [2.45, 2.75) is 84.0 Å². The Labute approximate surface area is 251 Å². The van der Waals surface area contributed by atoms with E-state index in [1.165, 1.54) is 51.4 Å². The Morgan fingerprint density at radius 2 is 1.56 bits per heavy atom. The van der Waals surface area contributed by atoms with E-state index in [2.05, 4.69) is 17.3 Å². The van der Waals surface area contributed by atoms with Crippen molar-refractivity contribution in [3.63, 3.8) is 0 Å². The third-order valence-corrected chi connectivity index (χ3v) is 8.29. The summed E-state index contributed by atoms with van der Waals surface area (Å²) in [7, 11) is 0. The first-order valence-electron chi connectivity index (χ1n) is 13.7. The van der Waals surface area contributed by atoms with Crippen molar-refractivity contribution in [3.8, 4) is 0 Å². The van der Waals surface area contributed by atoms with Crippen LogP contribution < -0.4 is 14.9 Å². The van der Waals surface area contributed by atoms with Gasteiger partial charge in [0.15, 0.2) is 5.84 Å². The molecule has 1 amide bonds. The molecule has 2 aromatic rings. The predicted octanol–water partition coefficient (Wildman–Crippen LogP) is 9.46. The second kappa shape index (κ2) is 16.3. The summed E-state index contributed by atoms with van der Waals surface area (Å²) in [6.45, 7) is 2.26. The fourth-order valence-corrected chi connectivity index (χ4v) is 5.22. The number of hydrazine groups is 1. The van der Waals surface area contributed by atoms with E-state index in [9.17, 15) is 9.59 Å². The van der Waals surface area contributed by atoms with Crippen LogP contribution in [0.4, 0.5) is 17.1 Å². The van der Waals surface area contributed by atoms with Gasteiger partial charge in [0.2, 0.25) is 11.7 Å². The molecule has 0 aromatic heterocycles. The van der Waals surface area contributed by atoms with Crippen LogP contribution in [0.1, 0.15) is 84.0 Å². The number of anilines is 2. The van der Waals surface area contributed by atoms with Crippen molar-refractivity contribution in [1.29, 1.82) is 0 Å². The van der Waals surface area contributed by atoms with Crippen molar-refractivity contribution in [3.05, 3.63) is 51.5 Å². The number of hydrogen-bond donors (Lipinski definition) is 1. The molecule has 3 rings (SSSR count). The molecule has 1 heterocycles. The highest BCUT2D eigenvalue weighted by Gasteiger charge is 2.28. The van der Waals surface area contributed by atoms with Crippen molar-refractivity contribution in [2.24, 2.45) is 4.99 Å². The van der Waals surface area contributed by atoms with E-state index in [1.54, 1.807) is 41.4 Å². The lowest BCUT2D eigenvalue weighted by Crippen LogP contribution is -2.33. The average Bonchev–Trinajstić information content (AvgIpc) is 3.29. The van der Waals surface area contributed by atoms with Gasteiger partial charge in [-0.2, -0.15) is 0 Å². The minimum absolute atomic E-state index is 0.0231. The van der Waals surface area contributed by atoms with Gasteiger partial charge in [-0.05, 0) is 36.8 Å². The van der Waals surface area contributed by atoms with Gasteiger partial charge in [0.05, 0.1) is 32.1 Å². The second-order valence-corrected chi connectivity index (χ2v) is 11.3. The van der Waals surface area contributed by atoms with Crippen molar-refractivity contribution < 1.29 is 9.59 Å². The lowest BCUT2D eigenvalue weighted by atomic mass is 10.1. The summed E-state index contributed by atoms with van der Waals surface area (Å²) in [5, 5.41) is 2.33. The molecule has 1 saturated heterocycles. The first kappa shape index (κ1) is 31.5. The van der Waals surface area contributed by atoms with Gasteiger partial charge >= 0.3 is 0 Å².